The molecule has 6 nitrogen and oxygen atoms in total. The highest BCUT2D eigenvalue weighted by atomic mass is 19.4. The quantitative estimate of drug-likeness (QED) is 0.823. The molecule has 0 saturated heterocycles. The number of fused-ring (bicyclic) bond motifs is 1. The van der Waals surface area contributed by atoms with E-state index in [0.29, 0.717) is 30.4 Å². The smallest absolute Gasteiger partial charge is 0.416 e. The molecule has 0 saturated carbocycles. The molecule has 0 unspecified atom stereocenters. The molecule has 1 aliphatic heterocycles. The van der Waals surface area contributed by atoms with E-state index >= 15 is 0 Å². The van der Waals surface area contributed by atoms with Crippen molar-refractivity contribution in [1.29, 1.82) is 0 Å². The number of ether oxygens (including phenoxy) is 3. The third-order valence-corrected chi connectivity index (χ3v) is 3.61. The first-order chi connectivity index (χ1) is 12.8. The first-order valence-corrected chi connectivity index (χ1v) is 7.87. The Bertz CT molecular complexity index is 849. The number of hydrogen-bond donors (Lipinski definition) is 1. The summed E-state index contributed by atoms with van der Waals surface area (Å²) in [5.74, 6) is -0.457. The highest BCUT2D eigenvalue weighted by molar-refractivity contribution is 5.95. The number of carbonyl (C=O) groups is 2. The van der Waals surface area contributed by atoms with Gasteiger partial charge in [0.1, 0.15) is 13.2 Å². The minimum Gasteiger partial charge on any atom is -0.486 e. The molecule has 0 aliphatic carbocycles. The van der Waals surface area contributed by atoms with Crippen molar-refractivity contribution in [1.82, 2.24) is 0 Å². The molecule has 0 spiro atoms. The molecule has 1 N–H and O–H groups in total. The van der Waals surface area contributed by atoms with Crippen LogP contribution in [0.1, 0.15) is 15.9 Å². The minimum atomic E-state index is -4.49. The molecule has 142 valence electrons. The van der Waals surface area contributed by atoms with Crippen LogP contribution in [0.25, 0.3) is 0 Å². The van der Waals surface area contributed by atoms with Crippen molar-refractivity contribution in [3.05, 3.63) is 53.6 Å². The molecule has 0 atom stereocenters. The second-order valence-corrected chi connectivity index (χ2v) is 5.56. The molecule has 0 radical (unpaired) electrons. The van der Waals surface area contributed by atoms with Gasteiger partial charge in [-0.25, -0.2) is 4.79 Å². The second-order valence-electron chi connectivity index (χ2n) is 5.56. The van der Waals surface area contributed by atoms with Crippen LogP contribution >= 0.6 is 0 Å². The zero-order chi connectivity index (χ0) is 19.4. The van der Waals surface area contributed by atoms with E-state index in [2.05, 4.69) is 5.32 Å². The van der Waals surface area contributed by atoms with Crippen molar-refractivity contribution in [2.45, 2.75) is 6.18 Å². The van der Waals surface area contributed by atoms with Gasteiger partial charge in [-0.3, -0.25) is 4.79 Å². The van der Waals surface area contributed by atoms with Gasteiger partial charge in [0, 0.05) is 11.8 Å². The Balaban J connectivity index is 1.53. The number of nitrogens with one attached hydrogen (secondary N) is 1. The van der Waals surface area contributed by atoms with Crippen LogP contribution in [0.15, 0.2) is 42.5 Å². The van der Waals surface area contributed by atoms with E-state index in [4.69, 9.17) is 14.2 Å². The summed E-state index contributed by atoms with van der Waals surface area (Å²) in [6, 6.07) is 8.33. The number of anilines is 1. The average molecular weight is 381 g/mol. The van der Waals surface area contributed by atoms with Crippen molar-refractivity contribution in [3.63, 3.8) is 0 Å². The van der Waals surface area contributed by atoms with E-state index < -0.39 is 30.2 Å². The zero-order valence-electron chi connectivity index (χ0n) is 13.8. The van der Waals surface area contributed by atoms with E-state index in [9.17, 15) is 22.8 Å². The molecule has 0 aromatic heterocycles. The topological polar surface area (TPSA) is 73.9 Å². The number of esters is 1. The Labute approximate surface area is 151 Å². The van der Waals surface area contributed by atoms with Gasteiger partial charge in [0.05, 0.1) is 11.1 Å². The average Bonchev–Trinajstić information content (AvgIpc) is 2.65. The van der Waals surface area contributed by atoms with Crippen LogP contribution in [0, 0.1) is 0 Å². The van der Waals surface area contributed by atoms with E-state index in [1.165, 1.54) is 0 Å². The molecule has 0 bridgehead atoms. The Morgan fingerprint density at radius 2 is 1.67 bits per heavy atom. The molecule has 9 heteroatoms. The van der Waals surface area contributed by atoms with Gasteiger partial charge in [-0.15, -0.1) is 0 Å². The highest BCUT2D eigenvalue weighted by Gasteiger charge is 2.30. The van der Waals surface area contributed by atoms with Crippen LogP contribution in [0.2, 0.25) is 0 Å². The Morgan fingerprint density at radius 3 is 2.33 bits per heavy atom. The van der Waals surface area contributed by atoms with Gasteiger partial charge in [-0.1, -0.05) is 0 Å². The number of hydrogen-bond acceptors (Lipinski definition) is 5. The van der Waals surface area contributed by atoms with Crippen molar-refractivity contribution in [3.8, 4) is 11.5 Å². The van der Waals surface area contributed by atoms with E-state index in [1.807, 2.05) is 0 Å². The molecular weight excluding hydrogens is 367 g/mol. The monoisotopic (exact) mass is 381 g/mol. The number of amides is 1. The minimum absolute atomic E-state index is 0.0878. The van der Waals surface area contributed by atoms with E-state index in [0.717, 1.165) is 24.3 Å². The Morgan fingerprint density at radius 1 is 1.00 bits per heavy atom. The summed E-state index contributed by atoms with van der Waals surface area (Å²) in [6.07, 6.45) is -4.49. The predicted molar refractivity (Wildman–Crippen MR) is 87.8 cm³/mol. The highest BCUT2D eigenvalue weighted by Crippen LogP contribution is 2.32. The molecule has 1 aliphatic rings. The molecule has 3 rings (SSSR count). The van der Waals surface area contributed by atoms with Gasteiger partial charge < -0.3 is 19.5 Å². The molecule has 1 amide bonds. The maximum absolute atomic E-state index is 12.5. The zero-order valence-corrected chi connectivity index (χ0v) is 13.8. The van der Waals surface area contributed by atoms with Gasteiger partial charge in [-0.2, -0.15) is 13.2 Å². The fraction of sp³-hybridized carbons (Fsp3) is 0.222. The number of alkyl halides is 3. The van der Waals surface area contributed by atoms with Gasteiger partial charge in [0.15, 0.2) is 18.1 Å². The lowest BCUT2D eigenvalue weighted by atomic mass is 10.1. The molecular formula is C18H14F3NO5. The van der Waals surface area contributed by atoms with Gasteiger partial charge in [-0.05, 0) is 36.4 Å². The second kappa shape index (κ2) is 7.56. The molecule has 27 heavy (non-hydrogen) atoms. The first kappa shape index (κ1) is 18.6. The number of halogens is 3. The fourth-order valence-electron chi connectivity index (χ4n) is 2.33. The number of carbonyl (C=O) groups excluding carboxylic acids is 2. The molecule has 2 aromatic carbocycles. The van der Waals surface area contributed by atoms with Crippen LogP contribution in [0.5, 0.6) is 11.5 Å². The van der Waals surface area contributed by atoms with E-state index in [-0.39, 0.29) is 5.56 Å². The van der Waals surface area contributed by atoms with Crippen LogP contribution in [-0.2, 0) is 15.7 Å². The summed E-state index contributed by atoms with van der Waals surface area (Å²) >= 11 is 0. The maximum atomic E-state index is 12.5. The summed E-state index contributed by atoms with van der Waals surface area (Å²) in [5.41, 5.74) is -0.541. The SMILES string of the molecule is O=C(COC(=O)c1ccc(C(F)(F)F)cc1)Nc1ccc2c(c1)OCCO2. The van der Waals surface area contributed by atoms with Gasteiger partial charge in [0.2, 0.25) is 0 Å². The standard InChI is InChI=1S/C18H14F3NO5/c19-18(20,21)12-3-1-11(2-4-12)17(24)27-10-16(23)22-13-5-6-14-15(9-13)26-8-7-25-14/h1-6,9H,7-8,10H2,(H,22,23). The molecule has 1 heterocycles. The summed E-state index contributed by atoms with van der Waals surface area (Å²) in [5, 5.41) is 2.53. The third-order valence-electron chi connectivity index (χ3n) is 3.61. The van der Waals surface area contributed by atoms with E-state index in [1.54, 1.807) is 18.2 Å². The summed E-state index contributed by atoms with van der Waals surface area (Å²) in [6.45, 7) is 0.252. The summed E-state index contributed by atoms with van der Waals surface area (Å²) < 4.78 is 53.1. The Hall–Kier alpha value is -3.23. The normalized spacial score (nSPS) is 13.0. The number of rotatable bonds is 4. The molecule has 0 fully saturated rings. The third kappa shape index (κ3) is 4.69. The van der Waals surface area contributed by atoms with Crippen LogP contribution in [-0.4, -0.2) is 31.7 Å². The van der Waals surface area contributed by atoms with Gasteiger partial charge in [0.25, 0.3) is 5.91 Å². The lowest BCUT2D eigenvalue weighted by Crippen LogP contribution is -2.21. The van der Waals surface area contributed by atoms with Crippen LogP contribution < -0.4 is 14.8 Å². The van der Waals surface area contributed by atoms with Crippen LogP contribution in [0.4, 0.5) is 18.9 Å². The van der Waals surface area contributed by atoms with Crippen molar-refractivity contribution >= 4 is 17.6 Å². The largest absolute Gasteiger partial charge is 0.486 e. The maximum Gasteiger partial charge on any atom is 0.416 e. The predicted octanol–water partition coefficient (Wildman–Crippen LogP) is 3.27. The van der Waals surface area contributed by atoms with Crippen molar-refractivity contribution in [2.24, 2.45) is 0 Å². The number of benzene rings is 2. The lowest BCUT2D eigenvalue weighted by Gasteiger charge is -2.19. The first-order valence-electron chi connectivity index (χ1n) is 7.87. The van der Waals surface area contributed by atoms with Crippen molar-refractivity contribution in [2.75, 3.05) is 25.1 Å². The van der Waals surface area contributed by atoms with Gasteiger partial charge >= 0.3 is 12.1 Å². The molecule has 2 aromatic rings. The van der Waals surface area contributed by atoms with Crippen molar-refractivity contribution < 1.29 is 37.0 Å². The summed E-state index contributed by atoms with van der Waals surface area (Å²) in [7, 11) is 0. The Kier molecular flexibility index (Phi) is 5.20. The fourth-order valence-corrected chi connectivity index (χ4v) is 2.33. The van der Waals surface area contributed by atoms with Crippen LogP contribution in [0.3, 0.4) is 0 Å². The summed E-state index contributed by atoms with van der Waals surface area (Å²) in [4.78, 5) is 23.7. The lowest BCUT2D eigenvalue weighted by molar-refractivity contribution is -0.137.